The van der Waals surface area contributed by atoms with Crippen LogP contribution in [-0.2, 0) is 20.6 Å². The maximum atomic E-state index is 14.5. The average molecular weight is 699 g/mol. The third-order valence-electron chi connectivity index (χ3n) is 8.13. The molecule has 0 aliphatic carbocycles. The second-order valence-electron chi connectivity index (χ2n) is 11.1. The standard InChI is InChI=1S/C27H30F5N6O7P.Na/c28-19-4-1-3-18(22(19)29)16-6-7-20(24(39)36(13-16)14-27(30,31)32)34-25(40)35-11-8-17(9-12-35)38-21-5-2-10-33-23(21)37(26(38)41)15-45-46(42,43)44;/h1-5,10,16-17,20H,6-9,11-15H2,(H,34,40)(H2,42,43,44);/q;+1/p-1/t16-,20-;/m1./s1. The molecule has 250 valence electrons. The smallest absolute Gasteiger partial charge is 0.756 e. The zero-order valence-corrected chi connectivity index (χ0v) is 27.9. The largest absolute Gasteiger partial charge is 1.00 e. The molecule has 2 aromatic heterocycles. The van der Waals surface area contributed by atoms with Gasteiger partial charge in [0.15, 0.2) is 17.3 Å². The number of rotatable bonds is 7. The maximum absolute atomic E-state index is 14.5. The summed E-state index contributed by atoms with van der Waals surface area (Å²) in [6.07, 6.45) is -3.05. The molecule has 47 heavy (non-hydrogen) atoms. The number of pyridine rings is 1. The van der Waals surface area contributed by atoms with Gasteiger partial charge in [-0.25, -0.2) is 23.4 Å². The van der Waals surface area contributed by atoms with E-state index in [4.69, 9.17) is 4.89 Å². The van der Waals surface area contributed by atoms with Crippen LogP contribution in [0.2, 0.25) is 0 Å². The van der Waals surface area contributed by atoms with E-state index < -0.39 is 81.1 Å². The van der Waals surface area contributed by atoms with Crippen molar-refractivity contribution in [3.63, 3.8) is 0 Å². The third-order valence-corrected chi connectivity index (χ3v) is 8.57. The van der Waals surface area contributed by atoms with Gasteiger partial charge in [0.25, 0.3) is 7.82 Å². The summed E-state index contributed by atoms with van der Waals surface area (Å²) in [5.41, 5.74) is -0.363. The van der Waals surface area contributed by atoms with Crippen molar-refractivity contribution in [2.24, 2.45) is 0 Å². The molecular formula is C27H29F5N6NaO7P. The van der Waals surface area contributed by atoms with Crippen molar-refractivity contribution in [2.45, 2.75) is 56.6 Å². The number of hydrogen-bond donors (Lipinski definition) is 2. The number of halogens is 5. The van der Waals surface area contributed by atoms with Crippen LogP contribution in [0.3, 0.4) is 0 Å². The Labute approximate surface area is 286 Å². The number of imidazole rings is 1. The van der Waals surface area contributed by atoms with E-state index in [0.29, 0.717) is 10.4 Å². The van der Waals surface area contributed by atoms with E-state index >= 15 is 0 Å². The molecule has 5 rings (SSSR count). The SMILES string of the molecule is O=C(N[C@@H]1CC[C@@H](c2cccc(F)c2F)CN(CC(F)(F)F)C1=O)N1CCC(n2c(=O)n(COP(=O)([O-])O)c3ncccc32)CC1.[Na+]. The summed E-state index contributed by atoms with van der Waals surface area (Å²) in [5.74, 6) is -4.32. The number of phosphoric ester groups is 1. The number of hydrogen-bond acceptors (Lipinski definition) is 7. The van der Waals surface area contributed by atoms with Crippen molar-refractivity contribution in [3.05, 3.63) is 64.2 Å². The Morgan fingerprint density at radius 2 is 1.81 bits per heavy atom. The third kappa shape index (κ3) is 8.60. The molecule has 0 radical (unpaired) electrons. The minimum absolute atomic E-state index is 0. The second kappa shape index (κ2) is 14.7. The molecule has 2 N–H and O–H groups in total. The second-order valence-corrected chi connectivity index (χ2v) is 12.3. The van der Waals surface area contributed by atoms with Crippen molar-refractivity contribution in [2.75, 3.05) is 26.2 Å². The van der Waals surface area contributed by atoms with Crippen molar-refractivity contribution in [1.29, 1.82) is 0 Å². The number of urea groups is 1. The first-order valence-electron chi connectivity index (χ1n) is 14.2. The molecule has 3 amide bonds. The molecule has 2 aliphatic heterocycles. The van der Waals surface area contributed by atoms with Gasteiger partial charge in [0.1, 0.15) is 19.3 Å². The summed E-state index contributed by atoms with van der Waals surface area (Å²) < 4.78 is 86.4. The number of nitrogens with zero attached hydrogens (tertiary/aromatic N) is 5. The van der Waals surface area contributed by atoms with E-state index in [2.05, 4.69) is 14.8 Å². The Kier molecular flexibility index (Phi) is 11.6. The van der Waals surface area contributed by atoms with Crippen LogP contribution in [0.15, 0.2) is 41.3 Å². The zero-order valence-electron chi connectivity index (χ0n) is 25.0. The number of nitrogens with one attached hydrogen (secondary N) is 1. The van der Waals surface area contributed by atoms with Gasteiger partial charge < -0.3 is 24.9 Å². The Balaban J connectivity index is 0.00000500. The maximum Gasteiger partial charge on any atom is 1.00 e. The van der Waals surface area contributed by atoms with Crippen LogP contribution in [-0.4, -0.2) is 79.1 Å². The van der Waals surface area contributed by atoms with Gasteiger partial charge in [-0.15, -0.1) is 0 Å². The van der Waals surface area contributed by atoms with Gasteiger partial charge in [-0.2, -0.15) is 13.2 Å². The Morgan fingerprint density at radius 3 is 2.47 bits per heavy atom. The summed E-state index contributed by atoms with van der Waals surface area (Å²) in [4.78, 5) is 65.7. The molecule has 2 fully saturated rings. The van der Waals surface area contributed by atoms with E-state index in [1.54, 1.807) is 12.1 Å². The molecule has 13 nitrogen and oxygen atoms in total. The van der Waals surface area contributed by atoms with Crippen molar-refractivity contribution in [3.8, 4) is 0 Å². The van der Waals surface area contributed by atoms with E-state index in [9.17, 15) is 45.8 Å². The van der Waals surface area contributed by atoms with Gasteiger partial charge in [-0.1, -0.05) is 12.1 Å². The summed E-state index contributed by atoms with van der Waals surface area (Å²) in [6.45, 7) is -2.80. The average Bonchev–Trinajstić information content (AvgIpc) is 3.19. The van der Waals surface area contributed by atoms with E-state index in [1.807, 2.05) is 0 Å². The quantitative estimate of drug-likeness (QED) is 0.192. The number of fused-ring (bicyclic) bond motifs is 1. The topological polar surface area (TPSA) is 162 Å². The first kappa shape index (κ1) is 37.0. The molecule has 0 bridgehead atoms. The fraction of sp³-hybridized carbons (Fsp3) is 0.481. The van der Waals surface area contributed by atoms with E-state index in [1.165, 1.54) is 27.8 Å². The minimum Gasteiger partial charge on any atom is -0.756 e. The molecule has 1 unspecified atom stereocenters. The Hall–Kier alpha value is -2.86. The molecule has 2 saturated heterocycles. The summed E-state index contributed by atoms with van der Waals surface area (Å²) in [7, 11) is -5.14. The van der Waals surface area contributed by atoms with Crippen LogP contribution >= 0.6 is 7.82 Å². The van der Waals surface area contributed by atoms with E-state index in [-0.39, 0.29) is 79.5 Å². The number of benzene rings is 1. The molecular weight excluding hydrogens is 669 g/mol. The predicted molar refractivity (Wildman–Crippen MR) is 148 cm³/mol. The van der Waals surface area contributed by atoms with Crippen LogP contribution in [0, 0.1) is 11.6 Å². The van der Waals surface area contributed by atoms with Crippen LogP contribution in [0.5, 0.6) is 0 Å². The zero-order chi connectivity index (χ0) is 33.4. The van der Waals surface area contributed by atoms with Gasteiger partial charge in [-0.05, 0) is 49.4 Å². The molecule has 0 saturated carbocycles. The van der Waals surface area contributed by atoms with Crippen LogP contribution < -0.4 is 45.5 Å². The summed E-state index contributed by atoms with van der Waals surface area (Å²) in [6, 6.07) is 3.96. The number of carbonyl (C=O) groups is 2. The molecule has 4 heterocycles. The Morgan fingerprint density at radius 1 is 1.11 bits per heavy atom. The molecule has 1 aromatic carbocycles. The van der Waals surface area contributed by atoms with E-state index in [0.717, 1.165) is 10.6 Å². The van der Waals surface area contributed by atoms with Gasteiger partial charge in [0.2, 0.25) is 5.91 Å². The number of aromatic nitrogens is 3. The first-order valence-corrected chi connectivity index (χ1v) is 15.7. The van der Waals surface area contributed by atoms with Gasteiger partial charge in [0.05, 0.1) is 5.52 Å². The molecule has 3 atom stereocenters. The number of piperidine rings is 1. The van der Waals surface area contributed by atoms with Gasteiger partial charge in [-0.3, -0.25) is 23.0 Å². The summed E-state index contributed by atoms with van der Waals surface area (Å²) in [5, 5.41) is 2.50. The van der Waals surface area contributed by atoms with Gasteiger partial charge in [0, 0.05) is 37.8 Å². The molecule has 0 spiro atoms. The van der Waals surface area contributed by atoms with Crippen LogP contribution in [0.1, 0.15) is 43.2 Å². The van der Waals surface area contributed by atoms with Gasteiger partial charge >= 0.3 is 47.5 Å². The fourth-order valence-electron chi connectivity index (χ4n) is 6.02. The summed E-state index contributed by atoms with van der Waals surface area (Å²) >= 11 is 0. The monoisotopic (exact) mass is 698 g/mol. The molecule has 3 aromatic rings. The number of alkyl halides is 3. The van der Waals surface area contributed by atoms with Crippen LogP contribution in [0.25, 0.3) is 11.2 Å². The predicted octanol–water partition coefficient (Wildman–Crippen LogP) is -0.401. The molecule has 2 aliphatic rings. The minimum atomic E-state index is -5.14. The first-order chi connectivity index (χ1) is 21.6. The molecule has 20 heteroatoms. The van der Waals surface area contributed by atoms with Crippen molar-refractivity contribution in [1.82, 2.24) is 29.2 Å². The number of amides is 3. The Bertz CT molecular complexity index is 1730. The van der Waals surface area contributed by atoms with Crippen molar-refractivity contribution >= 4 is 30.9 Å². The van der Waals surface area contributed by atoms with Crippen LogP contribution in [0.4, 0.5) is 26.7 Å². The van der Waals surface area contributed by atoms with Crippen molar-refractivity contribution < 1.29 is 80.0 Å². The number of carbonyl (C=O) groups excluding carboxylic acids is 2. The number of phosphoric acid groups is 1. The fourth-order valence-corrected chi connectivity index (χ4v) is 6.28. The normalized spacial score (nSPS) is 20.9. The number of likely N-dealkylation sites (tertiary alicyclic amines) is 2.